The van der Waals surface area contributed by atoms with Crippen LogP contribution in [-0.4, -0.2) is 11.1 Å². The van der Waals surface area contributed by atoms with Crippen LogP contribution in [0.1, 0.15) is 18.4 Å². The van der Waals surface area contributed by atoms with Crippen molar-refractivity contribution in [1.82, 2.24) is 0 Å². The summed E-state index contributed by atoms with van der Waals surface area (Å²) in [4.78, 5) is 11.0. The fraction of sp³-hybridized carbons (Fsp3) is 0.133. The van der Waals surface area contributed by atoms with Gasteiger partial charge in [0.25, 0.3) is 0 Å². The molecule has 3 N–H and O–H groups in total. The third-order valence-corrected chi connectivity index (χ3v) is 3.06. The van der Waals surface area contributed by atoms with Crippen LogP contribution in [0.25, 0.3) is 11.1 Å². The lowest BCUT2D eigenvalue weighted by Gasteiger charge is -2.14. The van der Waals surface area contributed by atoms with E-state index in [4.69, 9.17) is 10.8 Å². The number of nitrogen functional groups attached to an aromatic ring is 1. The van der Waals surface area contributed by atoms with Crippen molar-refractivity contribution >= 4 is 11.7 Å². The molecule has 0 radical (unpaired) electrons. The van der Waals surface area contributed by atoms with Gasteiger partial charge >= 0.3 is 5.97 Å². The molecule has 0 saturated carbocycles. The number of rotatable bonds is 3. The fourth-order valence-electron chi connectivity index (χ4n) is 1.96. The van der Waals surface area contributed by atoms with E-state index in [0.29, 0.717) is 11.3 Å². The Labute approximate surface area is 106 Å². The van der Waals surface area contributed by atoms with E-state index in [1.807, 2.05) is 42.5 Å². The second-order valence-corrected chi connectivity index (χ2v) is 4.23. The molecular weight excluding hydrogens is 226 g/mol. The highest BCUT2D eigenvalue weighted by atomic mass is 16.4. The number of aliphatic carboxylic acids is 1. The minimum Gasteiger partial charge on any atom is -0.481 e. The zero-order valence-corrected chi connectivity index (χ0v) is 10.1. The van der Waals surface area contributed by atoms with Crippen molar-refractivity contribution in [2.24, 2.45) is 0 Å². The van der Waals surface area contributed by atoms with E-state index in [-0.39, 0.29) is 0 Å². The summed E-state index contributed by atoms with van der Waals surface area (Å²) >= 11 is 0. The van der Waals surface area contributed by atoms with Gasteiger partial charge in [-0.2, -0.15) is 0 Å². The van der Waals surface area contributed by atoms with Gasteiger partial charge in [0, 0.05) is 11.3 Å². The van der Waals surface area contributed by atoms with Crippen LogP contribution in [0.5, 0.6) is 0 Å². The second kappa shape index (κ2) is 4.92. The summed E-state index contributed by atoms with van der Waals surface area (Å²) in [6.45, 7) is 1.64. The summed E-state index contributed by atoms with van der Waals surface area (Å²) in [6.07, 6.45) is 0. The Kier molecular flexibility index (Phi) is 3.33. The van der Waals surface area contributed by atoms with Crippen LogP contribution in [0.2, 0.25) is 0 Å². The van der Waals surface area contributed by atoms with Crippen molar-refractivity contribution in [3.05, 3.63) is 54.1 Å². The smallest absolute Gasteiger partial charge is 0.310 e. The first-order valence-electron chi connectivity index (χ1n) is 5.78. The molecule has 0 aromatic heterocycles. The number of nitrogens with two attached hydrogens (primary N) is 1. The van der Waals surface area contributed by atoms with Gasteiger partial charge in [-0.25, -0.2) is 0 Å². The maximum Gasteiger partial charge on any atom is 0.310 e. The summed E-state index contributed by atoms with van der Waals surface area (Å²) in [5.41, 5.74) is 9.16. The Morgan fingerprint density at radius 1 is 1.11 bits per heavy atom. The van der Waals surface area contributed by atoms with Gasteiger partial charge in [-0.05, 0) is 18.1 Å². The van der Waals surface area contributed by atoms with Crippen molar-refractivity contribution in [1.29, 1.82) is 0 Å². The quantitative estimate of drug-likeness (QED) is 0.811. The van der Waals surface area contributed by atoms with Crippen molar-refractivity contribution < 1.29 is 9.90 Å². The predicted molar refractivity (Wildman–Crippen MR) is 72.3 cm³/mol. The minimum atomic E-state index is -0.869. The van der Waals surface area contributed by atoms with Gasteiger partial charge in [0.1, 0.15) is 0 Å². The van der Waals surface area contributed by atoms with Gasteiger partial charge < -0.3 is 10.8 Å². The Morgan fingerprint density at radius 2 is 1.78 bits per heavy atom. The Bertz CT molecular complexity index is 564. The van der Waals surface area contributed by atoms with E-state index in [2.05, 4.69) is 0 Å². The minimum absolute atomic E-state index is 0.540. The van der Waals surface area contributed by atoms with E-state index in [0.717, 1.165) is 11.1 Å². The Balaban J connectivity index is 2.52. The first kappa shape index (κ1) is 12.2. The molecule has 0 heterocycles. The van der Waals surface area contributed by atoms with Crippen molar-refractivity contribution in [2.45, 2.75) is 12.8 Å². The maximum absolute atomic E-state index is 11.0. The van der Waals surface area contributed by atoms with Crippen LogP contribution in [0.3, 0.4) is 0 Å². The lowest BCUT2D eigenvalue weighted by molar-refractivity contribution is -0.138. The largest absolute Gasteiger partial charge is 0.481 e. The number of carboxylic acids is 1. The normalized spacial score (nSPS) is 12.1. The highest BCUT2D eigenvalue weighted by Crippen LogP contribution is 2.32. The first-order valence-corrected chi connectivity index (χ1v) is 5.78. The Morgan fingerprint density at radius 3 is 2.39 bits per heavy atom. The van der Waals surface area contributed by atoms with Crippen LogP contribution in [0, 0.1) is 0 Å². The molecule has 3 nitrogen and oxygen atoms in total. The van der Waals surface area contributed by atoms with Crippen LogP contribution in [0.4, 0.5) is 5.69 Å². The van der Waals surface area contributed by atoms with Crippen LogP contribution in [0.15, 0.2) is 48.5 Å². The number of carbonyl (C=O) groups is 1. The molecule has 2 rings (SSSR count). The van der Waals surface area contributed by atoms with Gasteiger partial charge in [-0.15, -0.1) is 0 Å². The lowest BCUT2D eigenvalue weighted by Crippen LogP contribution is -2.10. The molecule has 0 fully saturated rings. The molecule has 2 aromatic rings. The highest BCUT2D eigenvalue weighted by Gasteiger charge is 2.18. The van der Waals surface area contributed by atoms with Gasteiger partial charge in [0.15, 0.2) is 0 Å². The van der Waals surface area contributed by atoms with Gasteiger partial charge in [-0.1, -0.05) is 48.5 Å². The third kappa shape index (κ3) is 2.20. The van der Waals surface area contributed by atoms with E-state index in [1.54, 1.807) is 13.0 Å². The molecule has 1 atom stereocenters. The maximum atomic E-state index is 11.0. The number of benzene rings is 2. The van der Waals surface area contributed by atoms with Crippen LogP contribution < -0.4 is 5.73 Å². The predicted octanol–water partition coefficient (Wildman–Crippen LogP) is 3.12. The van der Waals surface area contributed by atoms with Crippen molar-refractivity contribution in [2.75, 3.05) is 5.73 Å². The molecule has 0 amide bonds. The van der Waals surface area contributed by atoms with Gasteiger partial charge in [0.2, 0.25) is 0 Å². The zero-order valence-electron chi connectivity index (χ0n) is 10.1. The summed E-state index contributed by atoms with van der Waals surface area (Å²) in [5.74, 6) is -1.47. The molecule has 0 aliphatic rings. The number of hydrogen-bond donors (Lipinski definition) is 2. The average molecular weight is 241 g/mol. The summed E-state index contributed by atoms with van der Waals surface area (Å²) < 4.78 is 0. The van der Waals surface area contributed by atoms with Gasteiger partial charge in [0.05, 0.1) is 5.92 Å². The number of hydrogen-bond acceptors (Lipinski definition) is 2. The summed E-state index contributed by atoms with van der Waals surface area (Å²) in [6, 6.07) is 15.2. The standard InChI is InChI=1S/C15H15NO2/c1-10(15(17)18)12-8-5-9-13(14(12)16)11-6-3-2-4-7-11/h2-10H,16H2,1H3,(H,17,18). The number of para-hydroxylation sites is 1. The highest BCUT2D eigenvalue weighted by molar-refractivity contribution is 5.84. The summed E-state index contributed by atoms with van der Waals surface area (Å²) in [5, 5.41) is 9.07. The molecule has 0 aliphatic carbocycles. The van der Waals surface area contributed by atoms with Crippen molar-refractivity contribution in [3.8, 4) is 11.1 Å². The molecule has 0 spiro atoms. The van der Waals surface area contributed by atoms with E-state index >= 15 is 0 Å². The molecule has 0 saturated heterocycles. The average Bonchev–Trinajstić information content (AvgIpc) is 2.39. The zero-order chi connectivity index (χ0) is 13.1. The Hall–Kier alpha value is -2.29. The SMILES string of the molecule is CC(C(=O)O)c1cccc(-c2ccccc2)c1N. The van der Waals surface area contributed by atoms with Crippen LogP contribution >= 0.6 is 0 Å². The second-order valence-electron chi connectivity index (χ2n) is 4.23. The first-order chi connectivity index (χ1) is 8.61. The monoisotopic (exact) mass is 241 g/mol. The van der Waals surface area contributed by atoms with Crippen molar-refractivity contribution in [3.63, 3.8) is 0 Å². The van der Waals surface area contributed by atoms with Crippen LogP contribution in [-0.2, 0) is 4.79 Å². The van der Waals surface area contributed by atoms with E-state index in [9.17, 15) is 4.79 Å². The number of anilines is 1. The molecule has 18 heavy (non-hydrogen) atoms. The summed E-state index contributed by atoms with van der Waals surface area (Å²) in [7, 11) is 0. The molecule has 2 aromatic carbocycles. The lowest BCUT2D eigenvalue weighted by atomic mass is 9.94. The number of carboxylic acid groups (broad SMARTS) is 1. The molecular formula is C15H15NO2. The molecule has 0 bridgehead atoms. The third-order valence-electron chi connectivity index (χ3n) is 3.06. The topological polar surface area (TPSA) is 63.3 Å². The fourth-order valence-corrected chi connectivity index (χ4v) is 1.96. The molecule has 92 valence electrons. The molecule has 0 aliphatic heterocycles. The molecule has 1 unspecified atom stereocenters. The molecule has 3 heteroatoms. The van der Waals surface area contributed by atoms with E-state index in [1.165, 1.54) is 0 Å². The van der Waals surface area contributed by atoms with E-state index < -0.39 is 11.9 Å². The van der Waals surface area contributed by atoms with Gasteiger partial charge in [-0.3, -0.25) is 4.79 Å².